The first-order valence-corrected chi connectivity index (χ1v) is 7.07. The first-order chi connectivity index (χ1) is 7.75. The molecule has 1 saturated heterocycles. The molecule has 0 aromatic heterocycles. The summed E-state index contributed by atoms with van der Waals surface area (Å²) in [5.41, 5.74) is 2.57. The fourth-order valence-electron chi connectivity index (χ4n) is 2.13. The van der Waals surface area contributed by atoms with Gasteiger partial charge in [-0.2, -0.15) is 11.8 Å². The highest BCUT2D eigenvalue weighted by molar-refractivity contribution is 7.99. The maximum atomic E-state index is 11.9. The fourth-order valence-corrected chi connectivity index (χ4v) is 3.38. The quantitative estimate of drug-likeness (QED) is 0.795. The van der Waals surface area contributed by atoms with Crippen molar-refractivity contribution in [2.24, 2.45) is 5.92 Å². The van der Waals surface area contributed by atoms with Crippen molar-refractivity contribution in [2.75, 3.05) is 11.5 Å². The van der Waals surface area contributed by atoms with Gasteiger partial charge in [0.1, 0.15) is 5.78 Å². The number of ketones is 1. The minimum Gasteiger partial charge on any atom is -0.299 e. The summed E-state index contributed by atoms with van der Waals surface area (Å²) < 4.78 is 0. The lowest BCUT2D eigenvalue weighted by molar-refractivity contribution is -0.122. The Morgan fingerprint density at radius 3 is 3.06 bits per heavy atom. The maximum absolute atomic E-state index is 11.9. The van der Waals surface area contributed by atoms with Crippen molar-refractivity contribution < 1.29 is 4.79 Å². The molecule has 0 radical (unpaired) electrons. The van der Waals surface area contributed by atoms with Crippen LogP contribution in [0.2, 0.25) is 0 Å². The molecule has 0 amide bonds. The third kappa shape index (κ3) is 3.11. The van der Waals surface area contributed by atoms with E-state index in [9.17, 15) is 4.79 Å². The lowest BCUT2D eigenvalue weighted by Crippen LogP contribution is -2.14. The Morgan fingerprint density at radius 1 is 1.50 bits per heavy atom. The molecule has 1 aliphatic rings. The molecule has 0 N–H and O–H groups in total. The number of thioether (sulfide) groups is 1. The maximum Gasteiger partial charge on any atom is 0.137 e. The average molecular weight is 234 g/mol. The van der Waals surface area contributed by atoms with Gasteiger partial charge >= 0.3 is 0 Å². The van der Waals surface area contributed by atoms with Gasteiger partial charge in [0.15, 0.2) is 0 Å². The van der Waals surface area contributed by atoms with E-state index in [1.807, 2.05) is 11.8 Å². The zero-order chi connectivity index (χ0) is 11.4. The molecule has 0 aliphatic carbocycles. The van der Waals surface area contributed by atoms with Crippen molar-refractivity contribution in [1.82, 2.24) is 0 Å². The van der Waals surface area contributed by atoms with E-state index in [0.29, 0.717) is 18.1 Å². The molecule has 1 aliphatic heterocycles. The van der Waals surface area contributed by atoms with Crippen LogP contribution in [0.15, 0.2) is 24.3 Å². The first kappa shape index (κ1) is 11.7. The van der Waals surface area contributed by atoms with E-state index in [4.69, 9.17) is 0 Å². The van der Waals surface area contributed by atoms with E-state index in [2.05, 4.69) is 31.2 Å². The Bertz CT molecular complexity index is 367. The van der Waals surface area contributed by atoms with Crippen LogP contribution < -0.4 is 0 Å². The van der Waals surface area contributed by atoms with Crippen molar-refractivity contribution in [2.45, 2.75) is 26.2 Å². The van der Waals surface area contributed by atoms with Gasteiger partial charge in [-0.25, -0.2) is 0 Å². The molecule has 1 aromatic carbocycles. The van der Waals surface area contributed by atoms with Crippen LogP contribution >= 0.6 is 11.8 Å². The topological polar surface area (TPSA) is 17.1 Å². The normalized spacial score (nSPS) is 19.9. The van der Waals surface area contributed by atoms with E-state index in [-0.39, 0.29) is 0 Å². The monoisotopic (exact) mass is 234 g/mol. The van der Waals surface area contributed by atoms with Crippen molar-refractivity contribution in [3.63, 3.8) is 0 Å². The molecule has 1 fully saturated rings. The van der Waals surface area contributed by atoms with Gasteiger partial charge in [-0.15, -0.1) is 0 Å². The van der Waals surface area contributed by atoms with Gasteiger partial charge in [0.2, 0.25) is 0 Å². The number of hydrogen-bond acceptors (Lipinski definition) is 2. The summed E-state index contributed by atoms with van der Waals surface area (Å²) in [7, 11) is 0. The van der Waals surface area contributed by atoms with Gasteiger partial charge < -0.3 is 0 Å². The SMILES string of the molecule is Cc1cccc(CCC(=O)C2CCSC2)c1. The molecule has 0 bridgehead atoms. The summed E-state index contributed by atoms with van der Waals surface area (Å²) in [4.78, 5) is 11.9. The molecule has 1 heterocycles. The number of carbonyl (C=O) groups is 1. The van der Waals surface area contributed by atoms with E-state index in [1.165, 1.54) is 16.9 Å². The smallest absolute Gasteiger partial charge is 0.137 e. The zero-order valence-corrected chi connectivity index (χ0v) is 10.6. The van der Waals surface area contributed by atoms with Gasteiger partial charge in [0.05, 0.1) is 0 Å². The Kier molecular flexibility index (Phi) is 4.05. The highest BCUT2D eigenvalue weighted by Crippen LogP contribution is 2.25. The summed E-state index contributed by atoms with van der Waals surface area (Å²) in [5, 5.41) is 0. The summed E-state index contributed by atoms with van der Waals surface area (Å²) >= 11 is 1.91. The Labute approximate surface area is 102 Å². The summed E-state index contributed by atoms with van der Waals surface area (Å²) in [6.07, 6.45) is 2.72. The molecule has 2 heteroatoms. The Balaban J connectivity index is 1.84. The molecule has 16 heavy (non-hydrogen) atoms. The molecule has 86 valence electrons. The molecular formula is C14H18OS. The third-order valence-corrected chi connectivity index (χ3v) is 4.29. The zero-order valence-electron chi connectivity index (χ0n) is 9.74. The van der Waals surface area contributed by atoms with E-state index >= 15 is 0 Å². The Hall–Kier alpha value is -0.760. The fraction of sp³-hybridized carbons (Fsp3) is 0.500. The summed E-state index contributed by atoms with van der Waals surface area (Å²) in [6, 6.07) is 8.46. The molecule has 1 atom stereocenters. The molecule has 1 aromatic rings. The van der Waals surface area contributed by atoms with E-state index < -0.39 is 0 Å². The molecule has 0 saturated carbocycles. The van der Waals surface area contributed by atoms with Gasteiger partial charge in [0.25, 0.3) is 0 Å². The highest BCUT2D eigenvalue weighted by atomic mass is 32.2. The van der Waals surface area contributed by atoms with Crippen LogP contribution in [0, 0.1) is 12.8 Å². The van der Waals surface area contributed by atoms with Crippen molar-refractivity contribution in [3.05, 3.63) is 35.4 Å². The minimum atomic E-state index is 0.342. The van der Waals surface area contributed by atoms with Crippen molar-refractivity contribution in [3.8, 4) is 0 Å². The predicted octanol–water partition coefficient (Wildman–Crippen LogP) is 3.25. The lowest BCUT2D eigenvalue weighted by atomic mass is 9.97. The standard InChI is InChI=1S/C14H18OS/c1-11-3-2-4-12(9-11)5-6-14(15)13-7-8-16-10-13/h2-4,9,13H,5-8,10H2,1H3. The number of carbonyl (C=O) groups excluding carboxylic acids is 1. The minimum absolute atomic E-state index is 0.342. The van der Waals surface area contributed by atoms with Gasteiger partial charge in [-0.3, -0.25) is 4.79 Å². The second kappa shape index (κ2) is 5.53. The van der Waals surface area contributed by atoms with Gasteiger partial charge in [-0.05, 0) is 31.1 Å². The molecule has 1 unspecified atom stereocenters. The van der Waals surface area contributed by atoms with Crippen LogP contribution in [0.3, 0.4) is 0 Å². The van der Waals surface area contributed by atoms with E-state index in [1.54, 1.807) is 0 Å². The molecule has 2 rings (SSSR count). The number of aryl methyl sites for hydroxylation is 2. The predicted molar refractivity (Wildman–Crippen MR) is 69.9 cm³/mol. The largest absolute Gasteiger partial charge is 0.299 e. The lowest BCUT2D eigenvalue weighted by Gasteiger charge is -2.07. The number of Topliss-reactive ketones (excluding diaryl/α,β-unsaturated/α-hetero) is 1. The number of hydrogen-bond donors (Lipinski definition) is 0. The van der Waals surface area contributed by atoms with Gasteiger partial charge in [-0.1, -0.05) is 29.8 Å². The second-order valence-corrected chi connectivity index (χ2v) is 5.67. The van der Waals surface area contributed by atoms with E-state index in [0.717, 1.165) is 18.6 Å². The first-order valence-electron chi connectivity index (χ1n) is 5.92. The average Bonchev–Trinajstić information content (AvgIpc) is 2.79. The highest BCUT2D eigenvalue weighted by Gasteiger charge is 2.22. The van der Waals surface area contributed by atoms with Crippen molar-refractivity contribution in [1.29, 1.82) is 0 Å². The summed E-state index contributed by atoms with van der Waals surface area (Å²) in [6.45, 7) is 2.10. The van der Waals surface area contributed by atoms with Crippen LogP contribution in [-0.4, -0.2) is 17.3 Å². The van der Waals surface area contributed by atoms with Crippen LogP contribution in [0.1, 0.15) is 24.0 Å². The second-order valence-electron chi connectivity index (χ2n) is 4.52. The van der Waals surface area contributed by atoms with Crippen LogP contribution in [0.5, 0.6) is 0 Å². The number of rotatable bonds is 4. The number of benzene rings is 1. The van der Waals surface area contributed by atoms with Crippen LogP contribution in [-0.2, 0) is 11.2 Å². The molecule has 1 nitrogen and oxygen atoms in total. The third-order valence-electron chi connectivity index (χ3n) is 3.13. The van der Waals surface area contributed by atoms with Crippen LogP contribution in [0.4, 0.5) is 0 Å². The molecule has 0 spiro atoms. The van der Waals surface area contributed by atoms with Gasteiger partial charge in [0, 0.05) is 18.1 Å². The Morgan fingerprint density at radius 2 is 2.38 bits per heavy atom. The van der Waals surface area contributed by atoms with Crippen LogP contribution in [0.25, 0.3) is 0 Å². The summed E-state index contributed by atoms with van der Waals surface area (Å²) in [5.74, 6) is 3.02. The van der Waals surface area contributed by atoms with Crippen molar-refractivity contribution >= 4 is 17.5 Å². The molecular weight excluding hydrogens is 216 g/mol.